The fraction of sp³-hybridized carbons (Fsp3) is 0.571. The summed E-state index contributed by atoms with van der Waals surface area (Å²) in [5.74, 6) is 0.466. The predicted molar refractivity (Wildman–Crippen MR) is 66.5 cm³/mol. The maximum Gasteiger partial charge on any atom is 0.0542 e. The Morgan fingerprint density at radius 3 is 2.69 bits per heavy atom. The van der Waals surface area contributed by atoms with Crippen molar-refractivity contribution >= 4 is 0 Å². The Morgan fingerprint density at radius 2 is 2.19 bits per heavy atom. The highest BCUT2D eigenvalue weighted by atomic mass is 16.5. The van der Waals surface area contributed by atoms with Gasteiger partial charge in [0, 0.05) is 5.41 Å². The molecule has 1 saturated heterocycles. The van der Waals surface area contributed by atoms with Gasteiger partial charge in [0.05, 0.1) is 13.2 Å². The summed E-state index contributed by atoms with van der Waals surface area (Å²) < 4.78 is 5.30. The van der Waals surface area contributed by atoms with Crippen molar-refractivity contribution in [2.45, 2.75) is 26.2 Å². The van der Waals surface area contributed by atoms with Crippen LogP contribution in [0.4, 0.5) is 0 Å². The molecular weight excluding hydrogens is 198 g/mol. The molecule has 1 atom stereocenters. The second kappa shape index (κ2) is 4.56. The Balaban J connectivity index is 2.10. The lowest BCUT2D eigenvalue weighted by atomic mass is 9.77. The molecule has 88 valence electrons. The number of ether oxygens (including phenoxy) is 1. The molecule has 0 aromatic heterocycles. The van der Waals surface area contributed by atoms with Gasteiger partial charge >= 0.3 is 0 Å². The molecule has 2 N–H and O–H groups in total. The molecule has 0 saturated carbocycles. The average Bonchev–Trinajstić information content (AvgIpc) is 2.23. The van der Waals surface area contributed by atoms with Crippen LogP contribution in [-0.4, -0.2) is 19.8 Å². The number of hydrogen-bond acceptors (Lipinski definition) is 2. The minimum atomic E-state index is 0.341. The first-order valence-electron chi connectivity index (χ1n) is 5.97. The highest BCUT2D eigenvalue weighted by molar-refractivity contribution is 5.26. The van der Waals surface area contributed by atoms with E-state index in [1.165, 1.54) is 11.1 Å². The lowest BCUT2D eigenvalue weighted by molar-refractivity contribution is -0.108. The number of hydrogen-bond donors (Lipinski definition) is 1. The normalized spacial score (nSPS) is 20.2. The van der Waals surface area contributed by atoms with Crippen LogP contribution in [0.2, 0.25) is 0 Å². The maximum absolute atomic E-state index is 5.90. The van der Waals surface area contributed by atoms with E-state index in [1.54, 1.807) is 0 Å². The molecule has 1 fully saturated rings. The van der Waals surface area contributed by atoms with E-state index < -0.39 is 0 Å². The van der Waals surface area contributed by atoms with E-state index in [9.17, 15) is 0 Å². The van der Waals surface area contributed by atoms with Gasteiger partial charge in [-0.05, 0) is 31.4 Å². The van der Waals surface area contributed by atoms with E-state index in [-0.39, 0.29) is 0 Å². The molecule has 1 aromatic carbocycles. The third kappa shape index (κ3) is 2.45. The molecule has 2 heteroatoms. The van der Waals surface area contributed by atoms with Crippen molar-refractivity contribution in [1.82, 2.24) is 0 Å². The third-order valence-corrected chi connectivity index (χ3v) is 3.44. The SMILES string of the molecule is Cc1cccc(C(CN)CC2(C)COC2)c1. The van der Waals surface area contributed by atoms with E-state index in [1.807, 2.05) is 0 Å². The van der Waals surface area contributed by atoms with Crippen LogP contribution in [0.3, 0.4) is 0 Å². The molecule has 1 heterocycles. The summed E-state index contributed by atoms with van der Waals surface area (Å²) >= 11 is 0. The lowest BCUT2D eigenvalue weighted by Gasteiger charge is -2.40. The van der Waals surface area contributed by atoms with Gasteiger partial charge in [0.1, 0.15) is 0 Å². The minimum Gasteiger partial charge on any atom is -0.380 e. The van der Waals surface area contributed by atoms with Gasteiger partial charge in [-0.1, -0.05) is 36.8 Å². The van der Waals surface area contributed by atoms with Crippen LogP contribution < -0.4 is 5.73 Å². The number of aryl methyl sites for hydroxylation is 1. The lowest BCUT2D eigenvalue weighted by Crippen LogP contribution is -2.41. The quantitative estimate of drug-likeness (QED) is 0.844. The summed E-state index contributed by atoms with van der Waals surface area (Å²) in [6.07, 6.45) is 1.13. The molecule has 1 aliphatic rings. The minimum absolute atomic E-state index is 0.341. The van der Waals surface area contributed by atoms with E-state index in [0.717, 1.165) is 26.2 Å². The zero-order valence-corrected chi connectivity index (χ0v) is 10.2. The average molecular weight is 219 g/mol. The Hall–Kier alpha value is -0.860. The first-order chi connectivity index (χ1) is 7.63. The number of nitrogens with two attached hydrogens (primary N) is 1. The molecule has 2 nitrogen and oxygen atoms in total. The van der Waals surface area contributed by atoms with Gasteiger partial charge in [-0.15, -0.1) is 0 Å². The van der Waals surface area contributed by atoms with Crippen LogP contribution in [0, 0.1) is 12.3 Å². The summed E-state index contributed by atoms with van der Waals surface area (Å²) in [5.41, 5.74) is 8.92. The Labute approximate surface area is 97.8 Å². The van der Waals surface area contributed by atoms with Gasteiger partial charge in [0.15, 0.2) is 0 Å². The van der Waals surface area contributed by atoms with Crippen molar-refractivity contribution < 1.29 is 4.74 Å². The van der Waals surface area contributed by atoms with E-state index in [2.05, 4.69) is 38.1 Å². The fourth-order valence-electron chi connectivity index (χ4n) is 2.42. The van der Waals surface area contributed by atoms with Crippen molar-refractivity contribution in [1.29, 1.82) is 0 Å². The Bertz CT molecular complexity index is 358. The highest BCUT2D eigenvalue weighted by Gasteiger charge is 2.35. The predicted octanol–water partition coefficient (Wildman–Crippen LogP) is 2.46. The Kier molecular flexibility index (Phi) is 3.31. The first-order valence-corrected chi connectivity index (χ1v) is 5.97. The second-order valence-corrected chi connectivity index (χ2v) is 5.35. The van der Waals surface area contributed by atoms with Crippen LogP contribution in [0.5, 0.6) is 0 Å². The van der Waals surface area contributed by atoms with E-state index in [0.29, 0.717) is 11.3 Å². The fourth-order valence-corrected chi connectivity index (χ4v) is 2.42. The third-order valence-electron chi connectivity index (χ3n) is 3.44. The highest BCUT2D eigenvalue weighted by Crippen LogP contribution is 2.37. The summed E-state index contributed by atoms with van der Waals surface area (Å²) in [6.45, 7) is 6.91. The smallest absolute Gasteiger partial charge is 0.0542 e. The van der Waals surface area contributed by atoms with Crippen LogP contribution in [-0.2, 0) is 4.74 Å². The van der Waals surface area contributed by atoms with Crippen molar-refractivity contribution in [2.75, 3.05) is 19.8 Å². The molecule has 2 rings (SSSR count). The van der Waals surface area contributed by atoms with Crippen LogP contribution >= 0.6 is 0 Å². The molecule has 1 aliphatic heterocycles. The molecule has 16 heavy (non-hydrogen) atoms. The van der Waals surface area contributed by atoms with Gasteiger partial charge in [0.2, 0.25) is 0 Å². The molecule has 0 amide bonds. The van der Waals surface area contributed by atoms with Gasteiger partial charge in [-0.3, -0.25) is 0 Å². The summed E-state index contributed by atoms with van der Waals surface area (Å²) in [6, 6.07) is 8.69. The number of benzene rings is 1. The van der Waals surface area contributed by atoms with Crippen LogP contribution in [0.1, 0.15) is 30.4 Å². The largest absolute Gasteiger partial charge is 0.380 e. The molecule has 1 unspecified atom stereocenters. The van der Waals surface area contributed by atoms with Gasteiger partial charge in [0.25, 0.3) is 0 Å². The van der Waals surface area contributed by atoms with Crippen molar-refractivity contribution in [3.05, 3.63) is 35.4 Å². The maximum atomic E-state index is 5.90. The van der Waals surface area contributed by atoms with E-state index >= 15 is 0 Å². The molecule has 0 bridgehead atoms. The molecule has 0 radical (unpaired) electrons. The zero-order valence-electron chi connectivity index (χ0n) is 10.2. The first kappa shape index (κ1) is 11.6. The van der Waals surface area contributed by atoms with Crippen LogP contribution in [0.15, 0.2) is 24.3 Å². The zero-order chi connectivity index (χ0) is 11.6. The Morgan fingerprint density at radius 1 is 1.44 bits per heavy atom. The van der Waals surface area contributed by atoms with E-state index in [4.69, 9.17) is 10.5 Å². The number of rotatable bonds is 4. The standard InChI is InChI=1S/C14H21NO/c1-11-4-3-5-12(6-11)13(8-15)7-14(2)9-16-10-14/h3-6,13H,7-10,15H2,1-2H3. The topological polar surface area (TPSA) is 35.2 Å². The summed E-state index contributed by atoms with van der Waals surface area (Å²) in [7, 11) is 0. The molecular formula is C14H21NO. The van der Waals surface area contributed by atoms with Crippen molar-refractivity contribution in [2.24, 2.45) is 11.1 Å². The van der Waals surface area contributed by atoms with Crippen molar-refractivity contribution in [3.63, 3.8) is 0 Å². The monoisotopic (exact) mass is 219 g/mol. The summed E-state index contributed by atoms with van der Waals surface area (Å²) in [4.78, 5) is 0. The van der Waals surface area contributed by atoms with Gasteiger partial charge in [-0.2, -0.15) is 0 Å². The van der Waals surface area contributed by atoms with Gasteiger partial charge in [-0.25, -0.2) is 0 Å². The molecule has 0 aliphatic carbocycles. The van der Waals surface area contributed by atoms with Gasteiger partial charge < -0.3 is 10.5 Å². The summed E-state index contributed by atoms with van der Waals surface area (Å²) in [5, 5.41) is 0. The second-order valence-electron chi connectivity index (χ2n) is 5.35. The molecule has 0 spiro atoms. The molecule has 1 aromatic rings. The van der Waals surface area contributed by atoms with Crippen molar-refractivity contribution in [3.8, 4) is 0 Å². The van der Waals surface area contributed by atoms with Crippen LogP contribution in [0.25, 0.3) is 0 Å².